The van der Waals surface area contributed by atoms with Gasteiger partial charge < -0.3 is 0 Å². The third-order valence-electron chi connectivity index (χ3n) is 1.58. The maximum absolute atomic E-state index is 10.5. The molecule has 1 aliphatic heterocycles. The molecule has 1 saturated heterocycles. The van der Waals surface area contributed by atoms with Gasteiger partial charge in [-0.1, -0.05) is 6.92 Å². The first-order valence-corrected chi connectivity index (χ1v) is 4.04. The average Bonchev–Trinajstić information content (AvgIpc) is 2.10. The van der Waals surface area contributed by atoms with Gasteiger partial charge >= 0.3 is 0 Å². The van der Waals surface area contributed by atoms with E-state index in [4.69, 9.17) is 0 Å². The van der Waals surface area contributed by atoms with E-state index in [9.17, 15) is 8.42 Å². The van der Waals surface area contributed by atoms with Crippen LogP contribution >= 0.6 is 0 Å². The molecule has 3 nitrogen and oxygen atoms in total. The standard InChI is InChI=1S/C4H9NO2S/c1-3-4(2)5-8(4,6)7/h5H,3H2,1-2H3. The van der Waals surface area contributed by atoms with Crippen LogP contribution in [0.1, 0.15) is 20.3 Å². The van der Waals surface area contributed by atoms with E-state index >= 15 is 0 Å². The van der Waals surface area contributed by atoms with Crippen LogP contribution in [-0.4, -0.2) is 13.3 Å². The Kier molecular flexibility index (Phi) is 0.941. The van der Waals surface area contributed by atoms with Crippen LogP contribution < -0.4 is 4.72 Å². The molecule has 0 aliphatic carbocycles. The number of nitrogens with one attached hydrogen (secondary N) is 1. The summed E-state index contributed by atoms with van der Waals surface area (Å²) in [4.78, 5) is -0.590. The minimum Gasteiger partial charge on any atom is -0.210 e. The second-order valence-corrected chi connectivity index (χ2v) is 4.30. The SMILES string of the molecule is CCC1(C)NS1(=O)=O. The third kappa shape index (κ3) is 0.563. The van der Waals surface area contributed by atoms with Crippen LogP contribution in [0.5, 0.6) is 0 Å². The Balaban J connectivity index is 2.84. The van der Waals surface area contributed by atoms with Crippen LogP contribution in [0.3, 0.4) is 0 Å². The molecule has 0 aromatic heterocycles. The maximum atomic E-state index is 10.5. The zero-order valence-corrected chi connectivity index (χ0v) is 5.75. The van der Waals surface area contributed by atoms with Crippen molar-refractivity contribution in [1.82, 2.24) is 4.72 Å². The summed E-state index contributed by atoms with van der Waals surface area (Å²) in [6.45, 7) is 3.53. The fraction of sp³-hybridized carbons (Fsp3) is 1.00. The predicted octanol–water partition coefficient (Wildman–Crippen LogP) is 0.0456. The molecular weight excluding hydrogens is 126 g/mol. The largest absolute Gasteiger partial charge is 0.232 e. The summed E-state index contributed by atoms with van der Waals surface area (Å²) in [5.41, 5.74) is 0. The van der Waals surface area contributed by atoms with Crippen molar-refractivity contribution in [3.63, 3.8) is 0 Å². The van der Waals surface area contributed by atoms with Gasteiger partial charge in [-0.15, -0.1) is 0 Å². The summed E-state index contributed by atoms with van der Waals surface area (Å²) in [6.07, 6.45) is 0.648. The normalized spacial score (nSPS) is 41.8. The molecule has 1 heterocycles. The lowest BCUT2D eigenvalue weighted by molar-refractivity contribution is 0.600. The van der Waals surface area contributed by atoms with E-state index in [1.165, 1.54) is 0 Å². The molecule has 4 heteroatoms. The van der Waals surface area contributed by atoms with E-state index in [0.29, 0.717) is 6.42 Å². The molecule has 0 amide bonds. The Morgan fingerprint density at radius 2 is 2.00 bits per heavy atom. The van der Waals surface area contributed by atoms with Crippen molar-refractivity contribution in [2.75, 3.05) is 0 Å². The summed E-state index contributed by atoms with van der Waals surface area (Å²) in [5.74, 6) is 0. The van der Waals surface area contributed by atoms with Gasteiger partial charge in [-0.05, 0) is 13.3 Å². The highest BCUT2D eigenvalue weighted by Crippen LogP contribution is 2.30. The van der Waals surface area contributed by atoms with Gasteiger partial charge in [0, 0.05) is 0 Å². The smallest absolute Gasteiger partial charge is 0.210 e. The summed E-state index contributed by atoms with van der Waals surface area (Å²) in [7, 11) is -2.86. The van der Waals surface area contributed by atoms with Crippen LogP contribution in [0, 0.1) is 0 Å². The van der Waals surface area contributed by atoms with Gasteiger partial charge in [0.2, 0.25) is 10.0 Å². The van der Waals surface area contributed by atoms with Gasteiger partial charge in [-0.3, -0.25) is 0 Å². The van der Waals surface area contributed by atoms with E-state index < -0.39 is 14.9 Å². The van der Waals surface area contributed by atoms with E-state index in [1.807, 2.05) is 6.92 Å². The molecule has 1 aliphatic rings. The number of sulfonamides is 1. The molecule has 0 aromatic carbocycles. The lowest BCUT2D eigenvalue weighted by atomic mass is 10.3. The maximum Gasteiger partial charge on any atom is 0.232 e. The summed E-state index contributed by atoms with van der Waals surface area (Å²) < 4.78 is 23.4. The molecule has 1 fully saturated rings. The minimum atomic E-state index is -2.86. The van der Waals surface area contributed by atoms with E-state index in [0.717, 1.165) is 0 Å². The fourth-order valence-corrected chi connectivity index (χ4v) is 1.78. The lowest BCUT2D eigenvalue weighted by Gasteiger charge is -1.90. The molecule has 0 bridgehead atoms. The van der Waals surface area contributed by atoms with E-state index in [-0.39, 0.29) is 0 Å². The van der Waals surface area contributed by atoms with Crippen molar-refractivity contribution >= 4 is 10.0 Å². The quantitative estimate of drug-likeness (QED) is 0.516. The highest BCUT2D eigenvalue weighted by Gasteiger charge is 2.54. The summed E-state index contributed by atoms with van der Waals surface area (Å²) >= 11 is 0. The minimum absolute atomic E-state index is 0.590. The van der Waals surface area contributed by atoms with Crippen molar-refractivity contribution in [3.05, 3.63) is 0 Å². The Morgan fingerprint density at radius 3 is 2.00 bits per heavy atom. The zero-order chi connectivity index (χ0) is 6.41. The fourth-order valence-electron chi connectivity index (χ4n) is 0.526. The molecule has 1 rings (SSSR count). The highest BCUT2D eigenvalue weighted by molar-refractivity contribution is 7.97. The molecule has 0 saturated carbocycles. The molecule has 0 radical (unpaired) electrons. The van der Waals surface area contributed by atoms with Crippen molar-refractivity contribution in [3.8, 4) is 0 Å². The topological polar surface area (TPSA) is 56.1 Å². The monoisotopic (exact) mass is 135 g/mol. The second-order valence-electron chi connectivity index (χ2n) is 2.19. The van der Waals surface area contributed by atoms with Gasteiger partial charge in [0.1, 0.15) is 4.87 Å². The number of hydrogen-bond donors (Lipinski definition) is 1. The van der Waals surface area contributed by atoms with Gasteiger partial charge in [0.15, 0.2) is 0 Å². The van der Waals surface area contributed by atoms with Crippen molar-refractivity contribution in [2.24, 2.45) is 0 Å². The Labute approximate surface area is 49.1 Å². The second kappa shape index (κ2) is 1.25. The molecule has 1 N–H and O–H groups in total. The molecule has 0 spiro atoms. The first-order chi connectivity index (χ1) is 3.52. The molecular formula is C4H9NO2S. The van der Waals surface area contributed by atoms with Crippen molar-refractivity contribution in [2.45, 2.75) is 25.1 Å². The predicted molar refractivity (Wildman–Crippen MR) is 30.8 cm³/mol. The molecule has 8 heavy (non-hydrogen) atoms. The van der Waals surface area contributed by atoms with Crippen LogP contribution in [0.15, 0.2) is 0 Å². The number of rotatable bonds is 1. The Hall–Kier alpha value is -0.0900. The molecule has 48 valence electrons. The Morgan fingerprint density at radius 1 is 1.62 bits per heavy atom. The number of hydrogen-bond acceptors (Lipinski definition) is 2. The lowest BCUT2D eigenvalue weighted by Crippen LogP contribution is -2.06. The van der Waals surface area contributed by atoms with Crippen LogP contribution in [0.4, 0.5) is 0 Å². The van der Waals surface area contributed by atoms with Crippen LogP contribution in [0.25, 0.3) is 0 Å². The van der Waals surface area contributed by atoms with Gasteiger partial charge in [0.25, 0.3) is 0 Å². The molecule has 1 unspecified atom stereocenters. The summed E-state index contributed by atoms with van der Waals surface area (Å²) in [6, 6.07) is 0. The van der Waals surface area contributed by atoms with Crippen LogP contribution in [-0.2, 0) is 10.0 Å². The Bertz CT molecular complexity index is 196. The third-order valence-corrected chi connectivity index (χ3v) is 3.67. The van der Waals surface area contributed by atoms with E-state index in [1.54, 1.807) is 6.92 Å². The zero-order valence-electron chi connectivity index (χ0n) is 4.93. The summed E-state index contributed by atoms with van der Waals surface area (Å²) in [5, 5.41) is 0. The molecule has 1 atom stereocenters. The van der Waals surface area contributed by atoms with Gasteiger partial charge in [0.05, 0.1) is 0 Å². The highest BCUT2D eigenvalue weighted by atomic mass is 32.2. The van der Waals surface area contributed by atoms with Gasteiger partial charge in [-0.25, -0.2) is 8.42 Å². The van der Waals surface area contributed by atoms with Crippen molar-refractivity contribution < 1.29 is 8.42 Å². The van der Waals surface area contributed by atoms with E-state index in [2.05, 4.69) is 4.72 Å². The van der Waals surface area contributed by atoms with Crippen molar-refractivity contribution in [1.29, 1.82) is 0 Å². The first kappa shape index (κ1) is 6.04. The van der Waals surface area contributed by atoms with Crippen LogP contribution in [0.2, 0.25) is 0 Å². The first-order valence-electron chi connectivity index (χ1n) is 2.55. The van der Waals surface area contributed by atoms with Gasteiger partial charge in [-0.2, -0.15) is 4.72 Å². The average molecular weight is 135 g/mol. The molecule has 0 aromatic rings.